The third-order valence-electron chi connectivity index (χ3n) is 2.97. The minimum Gasteiger partial charge on any atom is -0.396 e. The Morgan fingerprint density at radius 3 is 2.95 bits per heavy atom. The van der Waals surface area contributed by atoms with Crippen molar-refractivity contribution in [1.29, 1.82) is 0 Å². The van der Waals surface area contributed by atoms with Crippen molar-refractivity contribution in [2.45, 2.75) is 37.9 Å². The van der Waals surface area contributed by atoms with E-state index in [9.17, 15) is 4.79 Å². The lowest BCUT2D eigenvalue weighted by atomic mass is 10.3. The van der Waals surface area contributed by atoms with Gasteiger partial charge in [-0.3, -0.25) is 9.36 Å². The number of aromatic nitrogens is 3. The SMILES string of the molecule is CCCCSc1ncc2ccc(=O)n(CCCO)c2n1. The molecule has 0 aliphatic heterocycles. The Morgan fingerprint density at radius 1 is 1.35 bits per heavy atom. The van der Waals surface area contributed by atoms with Crippen molar-refractivity contribution in [2.75, 3.05) is 12.4 Å². The number of aryl methyl sites for hydroxylation is 1. The van der Waals surface area contributed by atoms with Crippen molar-refractivity contribution in [3.05, 3.63) is 28.7 Å². The van der Waals surface area contributed by atoms with Gasteiger partial charge in [-0.2, -0.15) is 0 Å². The van der Waals surface area contributed by atoms with Gasteiger partial charge in [0.15, 0.2) is 5.16 Å². The molecule has 0 aliphatic carbocycles. The first-order chi connectivity index (χ1) is 9.76. The molecule has 108 valence electrons. The lowest BCUT2D eigenvalue weighted by Crippen LogP contribution is -2.21. The minimum absolute atomic E-state index is 0.0615. The van der Waals surface area contributed by atoms with Crippen LogP contribution in [0.25, 0.3) is 11.0 Å². The quantitative estimate of drug-likeness (QED) is 0.481. The minimum atomic E-state index is -0.0887. The molecule has 2 aromatic heterocycles. The highest BCUT2D eigenvalue weighted by Gasteiger charge is 2.07. The Bertz CT molecular complexity index is 627. The van der Waals surface area contributed by atoms with Gasteiger partial charge in [0.05, 0.1) is 0 Å². The summed E-state index contributed by atoms with van der Waals surface area (Å²) in [5.41, 5.74) is 0.564. The van der Waals surface area contributed by atoms with E-state index in [0.717, 1.165) is 24.0 Å². The van der Waals surface area contributed by atoms with Gasteiger partial charge < -0.3 is 5.11 Å². The number of rotatable bonds is 7. The maximum absolute atomic E-state index is 11.9. The molecular weight excluding hydrogens is 274 g/mol. The molecule has 2 heterocycles. The molecule has 6 heteroatoms. The second-order valence-electron chi connectivity index (χ2n) is 4.53. The first kappa shape index (κ1) is 15.0. The van der Waals surface area contributed by atoms with Gasteiger partial charge in [-0.15, -0.1) is 0 Å². The normalized spacial score (nSPS) is 11.1. The number of unbranched alkanes of at least 4 members (excludes halogenated alkanes) is 1. The zero-order valence-corrected chi connectivity index (χ0v) is 12.4. The number of aliphatic hydroxyl groups is 1. The standard InChI is InChI=1S/C14H19N3O2S/c1-2-3-9-20-14-15-10-11-5-6-12(19)17(7-4-8-18)13(11)16-14/h5-6,10,18H,2-4,7-9H2,1H3. The largest absolute Gasteiger partial charge is 0.396 e. The molecule has 2 rings (SSSR count). The average molecular weight is 293 g/mol. The lowest BCUT2D eigenvalue weighted by Gasteiger charge is -2.09. The zero-order chi connectivity index (χ0) is 14.4. The third-order valence-corrected chi connectivity index (χ3v) is 3.92. The summed E-state index contributed by atoms with van der Waals surface area (Å²) in [4.78, 5) is 20.7. The van der Waals surface area contributed by atoms with Crippen LogP contribution in [-0.2, 0) is 6.54 Å². The summed E-state index contributed by atoms with van der Waals surface area (Å²) < 4.78 is 1.61. The van der Waals surface area contributed by atoms with E-state index in [-0.39, 0.29) is 12.2 Å². The molecule has 0 saturated heterocycles. The number of hydrogen-bond acceptors (Lipinski definition) is 5. The lowest BCUT2D eigenvalue weighted by molar-refractivity contribution is 0.280. The molecule has 1 N–H and O–H groups in total. The summed E-state index contributed by atoms with van der Waals surface area (Å²) in [6, 6.07) is 3.26. The molecule has 0 aliphatic rings. The Hall–Kier alpha value is -1.40. The summed E-state index contributed by atoms with van der Waals surface area (Å²) in [5.74, 6) is 0.982. The van der Waals surface area contributed by atoms with Crippen molar-refractivity contribution in [2.24, 2.45) is 0 Å². The van der Waals surface area contributed by atoms with E-state index in [1.54, 1.807) is 28.6 Å². The molecule has 0 spiro atoms. The highest BCUT2D eigenvalue weighted by Crippen LogP contribution is 2.17. The Balaban J connectivity index is 2.34. The fraction of sp³-hybridized carbons (Fsp3) is 0.500. The number of hydrogen-bond donors (Lipinski definition) is 1. The van der Waals surface area contributed by atoms with Crippen molar-refractivity contribution >= 4 is 22.8 Å². The van der Waals surface area contributed by atoms with Crippen molar-refractivity contribution in [3.8, 4) is 0 Å². The molecular formula is C14H19N3O2S. The molecule has 0 amide bonds. The second-order valence-corrected chi connectivity index (χ2v) is 5.60. The molecule has 0 unspecified atom stereocenters. The predicted octanol–water partition coefficient (Wildman–Crippen LogP) is 2.07. The summed E-state index contributed by atoms with van der Waals surface area (Å²) in [6.07, 6.45) is 4.56. The van der Waals surface area contributed by atoms with E-state index in [2.05, 4.69) is 16.9 Å². The molecule has 0 bridgehead atoms. The van der Waals surface area contributed by atoms with Gasteiger partial charge >= 0.3 is 0 Å². The maximum Gasteiger partial charge on any atom is 0.252 e. The van der Waals surface area contributed by atoms with Crippen LogP contribution in [0.2, 0.25) is 0 Å². The van der Waals surface area contributed by atoms with Gasteiger partial charge in [-0.05, 0) is 18.9 Å². The molecule has 0 aromatic carbocycles. The number of aliphatic hydroxyl groups excluding tert-OH is 1. The topological polar surface area (TPSA) is 68.0 Å². The van der Waals surface area contributed by atoms with E-state index < -0.39 is 0 Å². The van der Waals surface area contributed by atoms with E-state index in [1.165, 1.54) is 6.07 Å². The highest BCUT2D eigenvalue weighted by molar-refractivity contribution is 7.99. The van der Waals surface area contributed by atoms with E-state index >= 15 is 0 Å². The van der Waals surface area contributed by atoms with E-state index in [4.69, 9.17) is 5.11 Å². The van der Waals surface area contributed by atoms with Crippen LogP contribution >= 0.6 is 11.8 Å². The van der Waals surface area contributed by atoms with Crippen LogP contribution in [0.5, 0.6) is 0 Å². The van der Waals surface area contributed by atoms with Crippen LogP contribution in [0.4, 0.5) is 0 Å². The highest BCUT2D eigenvalue weighted by atomic mass is 32.2. The summed E-state index contributed by atoms with van der Waals surface area (Å²) in [5, 5.41) is 10.5. The van der Waals surface area contributed by atoms with E-state index in [1.807, 2.05) is 0 Å². The summed E-state index contributed by atoms with van der Waals surface area (Å²) >= 11 is 1.61. The van der Waals surface area contributed by atoms with Crippen LogP contribution in [0.1, 0.15) is 26.2 Å². The molecule has 0 atom stereocenters. The molecule has 5 nitrogen and oxygen atoms in total. The van der Waals surface area contributed by atoms with Gasteiger partial charge in [-0.25, -0.2) is 9.97 Å². The van der Waals surface area contributed by atoms with Crippen LogP contribution in [0, 0.1) is 0 Å². The van der Waals surface area contributed by atoms with Crippen LogP contribution < -0.4 is 5.56 Å². The smallest absolute Gasteiger partial charge is 0.252 e. The van der Waals surface area contributed by atoms with Crippen LogP contribution in [-0.4, -0.2) is 32.0 Å². The van der Waals surface area contributed by atoms with Gasteiger partial charge in [0.1, 0.15) is 5.65 Å². The summed E-state index contributed by atoms with van der Waals surface area (Å²) in [7, 11) is 0. The number of thioether (sulfide) groups is 1. The third kappa shape index (κ3) is 3.58. The van der Waals surface area contributed by atoms with Crippen molar-refractivity contribution in [3.63, 3.8) is 0 Å². The summed E-state index contributed by atoms with van der Waals surface area (Å²) in [6.45, 7) is 2.68. The Labute approximate surface area is 122 Å². The average Bonchev–Trinajstić information content (AvgIpc) is 2.46. The van der Waals surface area contributed by atoms with Gasteiger partial charge in [0.2, 0.25) is 0 Å². The second kappa shape index (κ2) is 7.40. The molecule has 0 saturated carbocycles. The molecule has 20 heavy (non-hydrogen) atoms. The molecule has 2 aromatic rings. The number of nitrogens with zero attached hydrogens (tertiary/aromatic N) is 3. The Kier molecular flexibility index (Phi) is 5.55. The first-order valence-corrected chi connectivity index (χ1v) is 7.85. The van der Waals surface area contributed by atoms with Crippen molar-refractivity contribution in [1.82, 2.24) is 14.5 Å². The zero-order valence-electron chi connectivity index (χ0n) is 11.6. The fourth-order valence-corrected chi connectivity index (χ4v) is 2.77. The van der Waals surface area contributed by atoms with Crippen molar-refractivity contribution < 1.29 is 5.11 Å². The van der Waals surface area contributed by atoms with Crippen LogP contribution in [0.3, 0.4) is 0 Å². The Morgan fingerprint density at radius 2 is 2.20 bits per heavy atom. The van der Waals surface area contributed by atoms with Gasteiger partial charge in [-0.1, -0.05) is 25.1 Å². The monoisotopic (exact) mass is 293 g/mol. The fourth-order valence-electron chi connectivity index (χ4n) is 1.88. The molecule has 0 radical (unpaired) electrons. The molecule has 0 fully saturated rings. The van der Waals surface area contributed by atoms with Gasteiger partial charge in [0.25, 0.3) is 5.56 Å². The first-order valence-electron chi connectivity index (χ1n) is 6.86. The number of pyridine rings is 1. The van der Waals surface area contributed by atoms with Gasteiger partial charge in [0, 0.05) is 36.6 Å². The van der Waals surface area contributed by atoms with E-state index in [0.29, 0.717) is 23.8 Å². The predicted molar refractivity (Wildman–Crippen MR) is 81.1 cm³/mol. The maximum atomic E-state index is 11.9. The van der Waals surface area contributed by atoms with Crippen LogP contribution in [0.15, 0.2) is 28.3 Å². The number of fused-ring (bicyclic) bond motifs is 1.